The molecule has 0 saturated carbocycles. The summed E-state index contributed by atoms with van der Waals surface area (Å²) in [5.41, 5.74) is 1.73. The molecule has 2 aromatic rings. The van der Waals surface area contributed by atoms with Crippen molar-refractivity contribution >= 4 is 48.7 Å². The molecule has 0 fully saturated rings. The van der Waals surface area contributed by atoms with E-state index in [2.05, 4.69) is 10.6 Å². The van der Waals surface area contributed by atoms with Crippen molar-refractivity contribution in [3.8, 4) is 5.75 Å². The van der Waals surface area contributed by atoms with Gasteiger partial charge in [-0.15, -0.1) is 0 Å². The number of carbonyl (C=O) groups excluding carboxylic acids is 1. The van der Waals surface area contributed by atoms with E-state index in [1.165, 1.54) is 0 Å². The molecule has 0 aliphatic carbocycles. The molecule has 0 spiro atoms. The lowest BCUT2D eigenvalue weighted by Crippen LogP contribution is -2.20. The molecule has 0 aromatic heterocycles. The molecule has 2 aromatic carbocycles. The van der Waals surface area contributed by atoms with Gasteiger partial charge in [-0.2, -0.15) is 0 Å². The molecule has 1 heterocycles. The van der Waals surface area contributed by atoms with E-state index in [1.54, 1.807) is 30.3 Å². The van der Waals surface area contributed by atoms with Gasteiger partial charge in [0.25, 0.3) is 0 Å². The summed E-state index contributed by atoms with van der Waals surface area (Å²) in [5, 5.41) is 16.2. The molecule has 1 aliphatic rings. The fraction of sp³-hybridized carbons (Fsp3) is 0.188. The van der Waals surface area contributed by atoms with Crippen molar-refractivity contribution < 1.29 is 14.1 Å². The summed E-state index contributed by atoms with van der Waals surface area (Å²) in [7, 11) is -0.0798. The van der Waals surface area contributed by atoms with Gasteiger partial charge < -0.3 is 15.7 Å². The van der Waals surface area contributed by atoms with Crippen LogP contribution in [0.4, 0.5) is 16.2 Å². The summed E-state index contributed by atoms with van der Waals surface area (Å²) in [6, 6.07) is 9.88. The quantitative estimate of drug-likeness (QED) is 0.692. The number of nitrogens with one attached hydrogen (secondary N) is 2. The first-order valence-electron chi connectivity index (χ1n) is 7.28. The molecule has 24 heavy (non-hydrogen) atoms. The Labute approximate surface area is 149 Å². The van der Waals surface area contributed by atoms with E-state index in [0.29, 0.717) is 25.8 Å². The molecule has 0 radical (unpaired) electrons. The molecule has 1 atom stereocenters. The van der Waals surface area contributed by atoms with Gasteiger partial charge in [0.05, 0.1) is 21.3 Å². The number of carbonyl (C=O) groups is 1. The van der Waals surface area contributed by atoms with Gasteiger partial charge in [-0.05, 0) is 36.6 Å². The molecule has 3 N–H and O–H groups in total. The minimum atomic E-state index is -0.587. The Balaban J connectivity index is 1.85. The topological polar surface area (TPSA) is 78.4 Å². The van der Waals surface area contributed by atoms with Crippen LogP contribution < -0.4 is 10.6 Å². The van der Waals surface area contributed by atoms with Gasteiger partial charge in [0.15, 0.2) is 5.75 Å². The van der Waals surface area contributed by atoms with Crippen LogP contribution in [0.5, 0.6) is 5.75 Å². The van der Waals surface area contributed by atoms with E-state index in [9.17, 15) is 14.1 Å². The summed E-state index contributed by atoms with van der Waals surface area (Å²) in [6.07, 6.45) is 1.77. The lowest BCUT2D eigenvalue weighted by atomic mass is 10.1. The van der Waals surface area contributed by atoms with Crippen molar-refractivity contribution in [1.29, 1.82) is 0 Å². The van der Waals surface area contributed by atoms with Crippen LogP contribution in [-0.2, 0) is 26.1 Å². The number of anilines is 2. The number of aryl methyl sites for hydroxylation is 1. The number of phenols is 1. The number of benzene rings is 2. The maximum Gasteiger partial charge on any atom is 0.323 e. The number of aromatic hydroxyl groups is 1. The molecular formula is C16H15ClN2O3S2. The Kier molecular flexibility index (Phi) is 5.23. The summed E-state index contributed by atoms with van der Waals surface area (Å²) in [6.45, 7) is 0. The third-order valence-corrected chi connectivity index (χ3v) is 7.23. The smallest absolute Gasteiger partial charge is 0.323 e. The molecule has 2 amide bonds. The highest BCUT2D eigenvalue weighted by Crippen LogP contribution is 2.36. The number of amides is 2. The SMILES string of the molecule is O=S=S1CCCc2ccc(NC(=O)Nc3ccccc3Cl)c(O)c21. The fourth-order valence-electron chi connectivity index (χ4n) is 2.57. The molecule has 5 nitrogen and oxygen atoms in total. The van der Waals surface area contributed by atoms with Crippen molar-refractivity contribution in [1.82, 2.24) is 0 Å². The average molecular weight is 383 g/mol. The van der Waals surface area contributed by atoms with Gasteiger partial charge in [-0.1, -0.05) is 39.3 Å². The van der Waals surface area contributed by atoms with Crippen LogP contribution >= 0.6 is 11.6 Å². The largest absolute Gasteiger partial charge is 0.505 e. The fourth-order valence-corrected chi connectivity index (χ4v) is 5.60. The summed E-state index contributed by atoms with van der Waals surface area (Å²) < 4.78 is 11.3. The summed E-state index contributed by atoms with van der Waals surface area (Å²) in [4.78, 5) is 12.8. The highest BCUT2D eigenvalue weighted by atomic mass is 35.5. The number of para-hydroxylation sites is 1. The van der Waals surface area contributed by atoms with Crippen molar-refractivity contribution in [2.45, 2.75) is 17.7 Å². The van der Waals surface area contributed by atoms with E-state index in [0.717, 1.165) is 24.2 Å². The molecule has 0 saturated heterocycles. The van der Waals surface area contributed by atoms with Gasteiger partial charge >= 0.3 is 6.03 Å². The third kappa shape index (κ3) is 3.48. The van der Waals surface area contributed by atoms with E-state index in [4.69, 9.17) is 11.6 Å². The molecule has 126 valence electrons. The Bertz CT molecular complexity index is 866. The monoisotopic (exact) mass is 382 g/mol. The zero-order chi connectivity index (χ0) is 17.1. The second-order valence-corrected chi connectivity index (χ2v) is 8.90. The molecule has 3 rings (SSSR count). The molecule has 0 bridgehead atoms. The van der Waals surface area contributed by atoms with Gasteiger partial charge in [0.2, 0.25) is 0 Å². The molecule has 1 unspecified atom stereocenters. The Morgan fingerprint density at radius 3 is 2.67 bits per heavy atom. The maximum absolute atomic E-state index is 12.1. The maximum atomic E-state index is 12.1. The average Bonchev–Trinajstić information content (AvgIpc) is 2.59. The zero-order valence-corrected chi connectivity index (χ0v) is 14.9. The number of hydrogen-bond acceptors (Lipinski definition) is 3. The second kappa shape index (κ2) is 7.38. The molecular weight excluding hydrogens is 368 g/mol. The van der Waals surface area contributed by atoms with E-state index < -0.39 is 15.5 Å². The van der Waals surface area contributed by atoms with Crippen LogP contribution in [0.15, 0.2) is 41.3 Å². The van der Waals surface area contributed by atoms with Crippen LogP contribution in [0.3, 0.4) is 0 Å². The zero-order valence-electron chi connectivity index (χ0n) is 12.5. The number of urea groups is 1. The number of rotatable bonds is 2. The molecule has 1 aliphatic heterocycles. The van der Waals surface area contributed by atoms with E-state index in [1.807, 2.05) is 6.07 Å². The normalized spacial score (nSPS) is 16.1. The lowest BCUT2D eigenvalue weighted by Gasteiger charge is -2.20. The predicted molar refractivity (Wildman–Crippen MR) is 99.2 cm³/mol. The Morgan fingerprint density at radius 1 is 1.17 bits per heavy atom. The molecule has 8 heteroatoms. The minimum Gasteiger partial charge on any atom is -0.505 e. The Hall–Kier alpha value is -1.83. The lowest BCUT2D eigenvalue weighted by molar-refractivity contribution is 0.262. The number of hydrogen-bond donors (Lipinski definition) is 3. The van der Waals surface area contributed by atoms with Gasteiger partial charge in [-0.25, -0.2) is 9.00 Å². The van der Waals surface area contributed by atoms with Crippen molar-refractivity contribution in [3.05, 3.63) is 47.0 Å². The van der Waals surface area contributed by atoms with E-state index in [-0.39, 0.29) is 11.4 Å². The van der Waals surface area contributed by atoms with Gasteiger partial charge in [0.1, 0.15) is 10.2 Å². The summed E-state index contributed by atoms with van der Waals surface area (Å²) >= 11 is 6.01. The first-order valence-corrected chi connectivity index (χ1v) is 10.3. The predicted octanol–water partition coefficient (Wildman–Crippen LogP) is 3.74. The van der Waals surface area contributed by atoms with Gasteiger partial charge in [0, 0.05) is 5.75 Å². The highest BCUT2D eigenvalue weighted by molar-refractivity contribution is 8.31. The number of phenolic OH excluding ortho intramolecular Hbond substituents is 1. The van der Waals surface area contributed by atoms with Crippen LogP contribution in [0, 0.1) is 0 Å². The summed E-state index contributed by atoms with van der Waals surface area (Å²) in [5.74, 6) is 0.734. The van der Waals surface area contributed by atoms with Crippen molar-refractivity contribution in [3.63, 3.8) is 0 Å². The standard InChI is InChI=1S/C16H15ClN2O3S2/c17-11-5-1-2-6-12(11)18-16(21)19-13-8-7-10-4-3-9-24(23-22)15(10)14(13)20/h1-2,5-8,20H,3-4,9H2,(H2,18,19,21). The van der Waals surface area contributed by atoms with Crippen LogP contribution in [0.1, 0.15) is 12.0 Å². The van der Waals surface area contributed by atoms with Crippen LogP contribution in [0.25, 0.3) is 0 Å². The highest BCUT2D eigenvalue weighted by Gasteiger charge is 2.21. The van der Waals surface area contributed by atoms with Crippen LogP contribution in [0.2, 0.25) is 5.02 Å². The number of halogens is 1. The number of fused-ring (bicyclic) bond motifs is 1. The van der Waals surface area contributed by atoms with Crippen molar-refractivity contribution in [2.75, 3.05) is 16.4 Å². The third-order valence-electron chi connectivity index (χ3n) is 3.67. The second-order valence-electron chi connectivity index (χ2n) is 5.23. The minimum absolute atomic E-state index is 0.0202. The van der Waals surface area contributed by atoms with Crippen molar-refractivity contribution in [2.24, 2.45) is 0 Å². The Morgan fingerprint density at radius 2 is 1.92 bits per heavy atom. The van der Waals surface area contributed by atoms with Gasteiger partial charge in [-0.3, -0.25) is 0 Å². The van der Waals surface area contributed by atoms with Crippen LogP contribution in [-0.4, -0.2) is 21.1 Å². The first-order chi connectivity index (χ1) is 11.6. The first kappa shape index (κ1) is 17.0. The van der Waals surface area contributed by atoms with E-state index >= 15 is 0 Å².